The van der Waals surface area contributed by atoms with Crippen molar-refractivity contribution in [3.05, 3.63) is 68.2 Å². The molecule has 0 saturated carbocycles. The summed E-state index contributed by atoms with van der Waals surface area (Å²) in [5, 5.41) is 14.2. The number of nitrogens with one attached hydrogen (secondary N) is 1. The highest BCUT2D eigenvalue weighted by Crippen LogP contribution is 2.26. The molecular weight excluding hydrogens is 320 g/mol. The van der Waals surface area contributed by atoms with Crippen molar-refractivity contribution in [2.24, 2.45) is 0 Å². The van der Waals surface area contributed by atoms with E-state index in [2.05, 4.69) is 21.2 Å². The van der Waals surface area contributed by atoms with E-state index in [-0.39, 0.29) is 16.7 Å². The number of nitro groups is 1. The zero-order chi connectivity index (χ0) is 14.7. The average Bonchev–Trinajstić information content (AvgIpc) is 2.41. The maximum atomic E-state index is 10.8. The number of non-ortho nitro benzene ring substituents is 1. The molecule has 1 N–H and O–H groups in total. The topological polar surface area (TPSA) is 55.2 Å². The minimum Gasteiger partial charge on any atom is -0.378 e. The monoisotopic (exact) mass is 334 g/mol. The van der Waals surface area contributed by atoms with Crippen LogP contribution >= 0.6 is 15.9 Å². The summed E-state index contributed by atoms with van der Waals surface area (Å²) in [5.74, 6) is 0. The second kappa shape index (κ2) is 6.05. The Morgan fingerprint density at radius 1 is 1.20 bits per heavy atom. The number of hydrogen-bond donors (Lipinski definition) is 1. The van der Waals surface area contributed by atoms with Crippen LogP contribution in [-0.2, 0) is 0 Å². The smallest absolute Gasteiger partial charge is 0.271 e. The second-order valence-corrected chi connectivity index (χ2v) is 5.59. The number of anilines is 1. The first-order valence-corrected chi connectivity index (χ1v) is 7.03. The van der Waals surface area contributed by atoms with Crippen molar-refractivity contribution in [2.75, 3.05) is 5.32 Å². The van der Waals surface area contributed by atoms with Gasteiger partial charge >= 0.3 is 0 Å². The number of benzene rings is 2. The Morgan fingerprint density at radius 3 is 2.45 bits per heavy atom. The summed E-state index contributed by atoms with van der Waals surface area (Å²) in [7, 11) is 0. The van der Waals surface area contributed by atoms with Gasteiger partial charge in [0.25, 0.3) is 5.69 Å². The van der Waals surface area contributed by atoms with Crippen molar-refractivity contribution in [1.82, 2.24) is 0 Å². The second-order valence-electron chi connectivity index (χ2n) is 4.67. The number of nitro benzene ring substituents is 1. The van der Waals surface area contributed by atoms with Gasteiger partial charge in [0.15, 0.2) is 0 Å². The molecule has 0 fully saturated rings. The number of aryl methyl sites for hydroxylation is 1. The summed E-state index contributed by atoms with van der Waals surface area (Å²) >= 11 is 3.40. The standard InChI is InChI=1S/C15H15BrN2O2/c1-10-3-8-14(18(19)20)9-15(10)17-11(2)12-4-6-13(16)7-5-12/h3-9,11,17H,1-2H3. The summed E-state index contributed by atoms with van der Waals surface area (Å²) in [6, 6.07) is 12.9. The van der Waals surface area contributed by atoms with Gasteiger partial charge in [-0.05, 0) is 37.1 Å². The lowest BCUT2D eigenvalue weighted by molar-refractivity contribution is -0.384. The molecule has 0 heterocycles. The molecule has 0 spiro atoms. The van der Waals surface area contributed by atoms with Crippen LogP contribution in [0.1, 0.15) is 24.1 Å². The van der Waals surface area contributed by atoms with Gasteiger partial charge in [-0.3, -0.25) is 10.1 Å². The number of nitrogens with zero attached hydrogens (tertiary/aromatic N) is 1. The van der Waals surface area contributed by atoms with E-state index >= 15 is 0 Å². The summed E-state index contributed by atoms with van der Waals surface area (Å²) in [6.45, 7) is 3.96. The molecule has 20 heavy (non-hydrogen) atoms. The van der Waals surface area contributed by atoms with Crippen molar-refractivity contribution in [3.8, 4) is 0 Å². The van der Waals surface area contributed by atoms with Crippen LogP contribution in [0.2, 0.25) is 0 Å². The minimum absolute atomic E-state index is 0.0730. The first kappa shape index (κ1) is 14.5. The first-order valence-electron chi connectivity index (χ1n) is 6.24. The van der Waals surface area contributed by atoms with Gasteiger partial charge in [-0.25, -0.2) is 0 Å². The highest BCUT2D eigenvalue weighted by atomic mass is 79.9. The van der Waals surface area contributed by atoms with Gasteiger partial charge in [-0.15, -0.1) is 0 Å². The van der Waals surface area contributed by atoms with Crippen LogP contribution in [-0.4, -0.2) is 4.92 Å². The molecule has 1 atom stereocenters. The highest BCUT2D eigenvalue weighted by molar-refractivity contribution is 9.10. The molecule has 4 nitrogen and oxygen atoms in total. The molecule has 2 aromatic rings. The Hall–Kier alpha value is -1.88. The van der Waals surface area contributed by atoms with E-state index in [0.717, 1.165) is 21.3 Å². The van der Waals surface area contributed by atoms with E-state index in [4.69, 9.17) is 0 Å². The molecule has 0 radical (unpaired) electrons. The fourth-order valence-corrected chi connectivity index (χ4v) is 2.21. The van der Waals surface area contributed by atoms with Crippen molar-refractivity contribution < 1.29 is 4.92 Å². The summed E-state index contributed by atoms with van der Waals surface area (Å²) in [4.78, 5) is 10.5. The number of rotatable bonds is 4. The molecule has 104 valence electrons. The third-order valence-corrected chi connectivity index (χ3v) is 3.70. The van der Waals surface area contributed by atoms with E-state index in [1.807, 2.05) is 38.1 Å². The predicted molar refractivity (Wildman–Crippen MR) is 84.0 cm³/mol. The Kier molecular flexibility index (Phi) is 4.39. The van der Waals surface area contributed by atoms with E-state index < -0.39 is 0 Å². The molecule has 1 unspecified atom stereocenters. The van der Waals surface area contributed by atoms with Crippen LogP contribution < -0.4 is 5.32 Å². The SMILES string of the molecule is Cc1ccc([N+](=O)[O-])cc1NC(C)c1ccc(Br)cc1. The summed E-state index contributed by atoms with van der Waals surface area (Å²) in [5.41, 5.74) is 2.99. The molecule has 0 amide bonds. The fraction of sp³-hybridized carbons (Fsp3) is 0.200. The van der Waals surface area contributed by atoms with E-state index in [1.165, 1.54) is 6.07 Å². The summed E-state index contributed by atoms with van der Waals surface area (Å²) < 4.78 is 1.03. The Morgan fingerprint density at radius 2 is 1.85 bits per heavy atom. The zero-order valence-electron chi connectivity index (χ0n) is 11.3. The average molecular weight is 335 g/mol. The summed E-state index contributed by atoms with van der Waals surface area (Å²) in [6.07, 6.45) is 0. The van der Waals surface area contributed by atoms with Crippen LogP contribution in [0.5, 0.6) is 0 Å². The minimum atomic E-state index is -0.380. The quantitative estimate of drug-likeness (QED) is 0.642. The molecule has 0 aliphatic rings. The Labute approximate surface area is 126 Å². The molecule has 0 saturated heterocycles. The maximum absolute atomic E-state index is 10.8. The molecule has 2 rings (SSSR count). The third kappa shape index (κ3) is 3.36. The fourth-order valence-electron chi connectivity index (χ4n) is 1.95. The lowest BCUT2D eigenvalue weighted by atomic mass is 10.1. The van der Waals surface area contributed by atoms with Crippen LogP contribution in [0, 0.1) is 17.0 Å². The van der Waals surface area contributed by atoms with E-state index in [0.29, 0.717) is 0 Å². The Bertz CT molecular complexity index is 626. The van der Waals surface area contributed by atoms with Crippen LogP contribution in [0.3, 0.4) is 0 Å². The van der Waals surface area contributed by atoms with Gasteiger partial charge in [0, 0.05) is 28.3 Å². The number of hydrogen-bond acceptors (Lipinski definition) is 3. The van der Waals surface area contributed by atoms with Crippen molar-refractivity contribution >= 4 is 27.3 Å². The van der Waals surface area contributed by atoms with Gasteiger partial charge in [-0.1, -0.05) is 34.1 Å². The number of halogens is 1. The maximum Gasteiger partial charge on any atom is 0.271 e. The van der Waals surface area contributed by atoms with Gasteiger partial charge in [0.05, 0.1) is 4.92 Å². The molecule has 0 aliphatic heterocycles. The normalized spacial score (nSPS) is 11.9. The van der Waals surface area contributed by atoms with Crippen molar-refractivity contribution in [2.45, 2.75) is 19.9 Å². The van der Waals surface area contributed by atoms with Crippen LogP contribution in [0.25, 0.3) is 0 Å². The van der Waals surface area contributed by atoms with Crippen LogP contribution in [0.4, 0.5) is 11.4 Å². The lowest BCUT2D eigenvalue weighted by Crippen LogP contribution is -2.08. The zero-order valence-corrected chi connectivity index (χ0v) is 12.8. The lowest BCUT2D eigenvalue weighted by Gasteiger charge is -2.17. The molecule has 0 aromatic heterocycles. The molecule has 2 aromatic carbocycles. The molecule has 0 aliphatic carbocycles. The largest absolute Gasteiger partial charge is 0.378 e. The van der Waals surface area contributed by atoms with E-state index in [1.54, 1.807) is 12.1 Å². The van der Waals surface area contributed by atoms with Gasteiger partial charge in [0.1, 0.15) is 0 Å². The van der Waals surface area contributed by atoms with Gasteiger partial charge in [0.2, 0.25) is 0 Å². The highest BCUT2D eigenvalue weighted by Gasteiger charge is 2.11. The Balaban J connectivity index is 2.22. The van der Waals surface area contributed by atoms with E-state index in [9.17, 15) is 10.1 Å². The molecular formula is C15H15BrN2O2. The molecule has 5 heteroatoms. The van der Waals surface area contributed by atoms with Gasteiger partial charge < -0.3 is 5.32 Å². The third-order valence-electron chi connectivity index (χ3n) is 3.17. The first-order chi connectivity index (χ1) is 9.47. The van der Waals surface area contributed by atoms with Crippen molar-refractivity contribution in [1.29, 1.82) is 0 Å². The van der Waals surface area contributed by atoms with Crippen LogP contribution in [0.15, 0.2) is 46.9 Å². The molecule has 0 bridgehead atoms. The van der Waals surface area contributed by atoms with Gasteiger partial charge in [-0.2, -0.15) is 0 Å². The van der Waals surface area contributed by atoms with Crippen molar-refractivity contribution in [3.63, 3.8) is 0 Å². The predicted octanol–water partition coefficient (Wildman–Crippen LogP) is 4.84.